The van der Waals surface area contributed by atoms with Crippen LogP contribution in [0.3, 0.4) is 0 Å². The minimum atomic E-state index is -0.280. The van der Waals surface area contributed by atoms with Crippen molar-refractivity contribution in [1.29, 1.82) is 0 Å². The molecule has 2 fully saturated rings. The number of benzene rings is 2. The SMILES string of the molecule is CCOc1cc(C=NN2C(=O)[C@@H]3[C@H](C2=O)[C@H]2C=C[C@H]3C2)c(Br)c(Br)c1OCc1ccc(Br)cc1Br. The summed E-state index contributed by atoms with van der Waals surface area (Å²) in [5.41, 5.74) is 1.63. The number of carbonyl (C=O) groups excluding carboxylic acids is 2. The third kappa shape index (κ3) is 4.55. The Morgan fingerprint density at radius 3 is 2.31 bits per heavy atom. The Kier molecular flexibility index (Phi) is 7.27. The van der Waals surface area contributed by atoms with Gasteiger partial charge in [0.15, 0.2) is 11.5 Å². The molecule has 3 aliphatic rings. The van der Waals surface area contributed by atoms with E-state index in [0.717, 1.165) is 25.9 Å². The van der Waals surface area contributed by atoms with E-state index in [2.05, 4.69) is 81.0 Å². The molecule has 0 aromatic heterocycles. The molecule has 0 radical (unpaired) electrons. The van der Waals surface area contributed by atoms with Crippen molar-refractivity contribution in [2.45, 2.75) is 20.0 Å². The molecule has 1 aliphatic heterocycles. The molecule has 2 aromatic rings. The number of rotatable bonds is 7. The molecule has 0 spiro atoms. The van der Waals surface area contributed by atoms with E-state index in [1.165, 1.54) is 6.21 Å². The maximum atomic E-state index is 12.9. The van der Waals surface area contributed by atoms with Crippen LogP contribution in [-0.4, -0.2) is 29.6 Å². The molecule has 2 amide bonds. The summed E-state index contributed by atoms with van der Waals surface area (Å²) in [6.45, 7) is 2.65. The summed E-state index contributed by atoms with van der Waals surface area (Å²) >= 11 is 14.2. The molecular formula is C25H20Br4N2O4. The molecule has 1 heterocycles. The quantitative estimate of drug-likeness (QED) is 0.178. The van der Waals surface area contributed by atoms with Crippen LogP contribution >= 0.6 is 63.7 Å². The van der Waals surface area contributed by atoms with Crippen molar-refractivity contribution in [1.82, 2.24) is 5.01 Å². The average Bonchev–Trinajstić information content (AvgIpc) is 3.50. The Bertz CT molecular complexity index is 1250. The van der Waals surface area contributed by atoms with Crippen LogP contribution in [0, 0.1) is 23.7 Å². The minimum absolute atomic E-state index is 0.147. The number of halogens is 4. The van der Waals surface area contributed by atoms with E-state index in [4.69, 9.17) is 9.47 Å². The largest absolute Gasteiger partial charge is 0.490 e. The van der Waals surface area contributed by atoms with Gasteiger partial charge in [0.25, 0.3) is 11.8 Å². The lowest BCUT2D eigenvalue weighted by Gasteiger charge is -2.17. The van der Waals surface area contributed by atoms with Crippen LogP contribution in [0.4, 0.5) is 0 Å². The van der Waals surface area contributed by atoms with Gasteiger partial charge in [-0.25, -0.2) is 0 Å². The lowest BCUT2D eigenvalue weighted by molar-refractivity contribution is -0.140. The van der Waals surface area contributed by atoms with Crippen LogP contribution in [0.25, 0.3) is 0 Å². The highest BCUT2D eigenvalue weighted by Gasteiger charge is 2.59. The van der Waals surface area contributed by atoms with Gasteiger partial charge in [-0.1, -0.05) is 50.1 Å². The molecule has 10 heteroatoms. The molecule has 1 saturated carbocycles. The van der Waals surface area contributed by atoms with Gasteiger partial charge in [0.2, 0.25) is 0 Å². The number of ether oxygens (including phenoxy) is 2. The highest BCUT2D eigenvalue weighted by atomic mass is 79.9. The van der Waals surface area contributed by atoms with Crippen LogP contribution < -0.4 is 9.47 Å². The number of nitrogens with zero attached hydrogens (tertiary/aromatic N) is 2. The Labute approximate surface area is 236 Å². The normalized spacial score (nSPS) is 24.7. The first kappa shape index (κ1) is 25.2. The van der Waals surface area contributed by atoms with Gasteiger partial charge in [-0.15, -0.1) is 0 Å². The monoisotopic (exact) mass is 728 g/mol. The third-order valence-corrected chi connectivity index (χ3v) is 9.98. The van der Waals surface area contributed by atoms with Gasteiger partial charge in [-0.3, -0.25) is 9.59 Å². The maximum absolute atomic E-state index is 12.9. The summed E-state index contributed by atoms with van der Waals surface area (Å²) in [5, 5.41) is 5.34. The first-order valence-corrected chi connectivity index (χ1v) is 14.3. The fourth-order valence-corrected chi connectivity index (χ4v) is 7.10. The molecular weight excluding hydrogens is 712 g/mol. The number of hydrogen-bond acceptors (Lipinski definition) is 5. The van der Waals surface area contributed by atoms with Crippen LogP contribution in [0.1, 0.15) is 24.5 Å². The molecule has 2 aliphatic carbocycles. The molecule has 5 rings (SSSR count). The number of carbonyl (C=O) groups is 2. The van der Waals surface area contributed by atoms with Crippen molar-refractivity contribution in [3.05, 3.63) is 65.4 Å². The molecule has 1 saturated heterocycles. The summed E-state index contributed by atoms with van der Waals surface area (Å²) in [6.07, 6.45) is 6.53. The number of imide groups is 1. The summed E-state index contributed by atoms with van der Waals surface area (Å²) in [7, 11) is 0. The number of hydrogen-bond donors (Lipinski definition) is 0. The zero-order valence-electron chi connectivity index (χ0n) is 18.5. The fourth-order valence-electron chi connectivity index (χ4n) is 5.00. The smallest absolute Gasteiger partial charge is 0.254 e. The van der Waals surface area contributed by atoms with Crippen molar-refractivity contribution >= 4 is 81.7 Å². The second-order valence-electron chi connectivity index (χ2n) is 8.61. The first-order chi connectivity index (χ1) is 16.8. The van der Waals surface area contributed by atoms with Crippen molar-refractivity contribution < 1.29 is 19.1 Å². The molecule has 35 heavy (non-hydrogen) atoms. The Hall–Kier alpha value is -1.49. The fraction of sp³-hybridized carbons (Fsp3) is 0.320. The van der Waals surface area contributed by atoms with Gasteiger partial charge in [0, 0.05) is 24.5 Å². The Morgan fingerprint density at radius 1 is 1.00 bits per heavy atom. The van der Waals surface area contributed by atoms with Gasteiger partial charge in [-0.05, 0) is 75.2 Å². The van der Waals surface area contributed by atoms with Gasteiger partial charge in [0.05, 0.1) is 29.1 Å². The lowest BCUT2D eigenvalue weighted by atomic mass is 9.85. The molecule has 2 aromatic carbocycles. The lowest BCUT2D eigenvalue weighted by Crippen LogP contribution is -2.28. The average molecular weight is 732 g/mol. The maximum Gasteiger partial charge on any atom is 0.254 e. The number of allylic oxidation sites excluding steroid dienone is 2. The summed E-state index contributed by atoms with van der Waals surface area (Å²) in [5.74, 6) is 0.368. The second kappa shape index (κ2) is 10.1. The molecule has 2 bridgehead atoms. The molecule has 4 atom stereocenters. The first-order valence-electron chi connectivity index (χ1n) is 11.1. The minimum Gasteiger partial charge on any atom is -0.490 e. The highest BCUT2D eigenvalue weighted by molar-refractivity contribution is 9.13. The van der Waals surface area contributed by atoms with Gasteiger partial charge < -0.3 is 9.47 Å². The summed E-state index contributed by atoms with van der Waals surface area (Å²) in [4.78, 5) is 25.9. The van der Waals surface area contributed by atoms with Crippen LogP contribution in [0.2, 0.25) is 0 Å². The molecule has 0 N–H and O–H groups in total. The van der Waals surface area contributed by atoms with Crippen molar-refractivity contribution in [2.24, 2.45) is 28.8 Å². The zero-order chi connectivity index (χ0) is 24.9. The Balaban J connectivity index is 1.40. The van der Waals surface area contributed by atoms with Gasteiger partial charge in [-0.2, -0.15) is 10.1 Å². The Morgan fingerprint density at radius 2 is 1.69 bits per heavy atom. The second-order valence-corrected chi connectivity index (χ2v) is 12.0. The predicted molar refractivity (Wildman–Crippen MR) is 146 cm³/mol. The van der Waals surface area contributed by atoms with Crippen molar-refractivity contribution in [3.63, 3.8) is 0 Å². The van der Waals surface area contributed by atoms with Crippen molar-refractivity contribution in [3.8, 4) is 11.5 Å². The van der Waals surface area contributed by atoms with E-state index in [-0.39, 0.29) is 35.5 Å². The zero-order valence-corrected chi connectivity index (χ0v) is 24.9. The van der Waals surface area contributed by atoms with Crippen LogP contribution in [0.15, 0.2) is 59.4 Å². The van der Waals surface area contributed by atoms with E-state index in [9.17, 15) is 9.59 Å². The standard InChI is InChI=1S/C25H20Br4N2O4/c1-2-34-18-8-15(10-30-31-24(32)19-12-3-4-13(7-12)20(19)25(31)33)21(28)22(29)23(18)35-11-14-5-6-16(26)9-17(14)27/h3-6,8-10,12-13,19-20H,2,7,11H2,1H3/t12-,13-,19-,20+/m0/s1. The predicted octanol–water partition coefficient (Wildman–Crippen LogP) is 6.86. The van der Waals surface area contributed by atoms with Crippen LogP contribution in [0.5, 0.6) is 11.5 Å². The van der Waals surface area contributed by atoms with E-state index >= 15 is 0 Å². The van der Waals surface area contributed by atoms with E-state index < -0.39 is 0 Å². The number of fused-ring (bicyclic) bond motifs is 5. The molecule has 182 valence electrons. The summed E-state index contributed by atoms with van der Waals surface area (Å²) in [6, 6.07) is 7.67. The molecule has 0 unspecified atom stereocenters. The topological polar surface area (TPSA) is 68.2 Å². The van der Waals surface area contributed by atoms with Gasteiger partial charge >= 0.3 is 0 Å². The van der Waals surface area contributed by atoms with Crippen molar-refractivity contribution in [2.75, 3.05) is 6.61 Å². The van der Waals surface area contributed by atoms with E-state index in [1.807, 2.05) is 25.1 Å². The summed E-state index contributed by atoms with van der Waals surface area (Å²) < 4.78 is 15.2. The van der Waals surface area contributed by atoms with E-state index in [0.29, 0.717) is 39.2 Å². The van der Waals surface area contributed by atoms with Crippen LogP contribution in [-0.2, 0) is 16.2 Å². The molecule has 6 nitrogen and oxygen atoms in total. The van der Waals surface area contributed by atoms with E-state index in [1.54, 1.807) is 6.07 Å². The number of hydrazone groups is 1. The van der Waals surface area contributed by atoms with Gasteiger partial charge in [0.1, 0.15) is 6.61 Å². The highest BCUT2D eigenvalue weighted by Crippen LogP contribution is 2.52. The number of amides is 2. The third-order valence-electron chi connectivity index (χ3n) is 6.60.